The van der Waals surface area contributed by atoms with E-state index in [0.717, 1.165) is 0 Å². The third-order valence-corrected chi connectivity index (χ3v) is 2.65. The molecule has 0 saturated heterocycles. The van der Waals surface area contributed by atoms with E-state index >= 15 is 0 Å². The molecule has 0 spiro atoms. The highest BCUT2D eigenvalue weighted by Crippen LogP contribution is 2.27. The fourth-order valence-electron chi connectivity index (χ4n) is 1.27. The van der Waals surface area contributed by atoms with Gasteiger partial charge in [0.25, 0.3) is 0 Å². The van der Waals surface area contributed by atoms with Crippen molar-refractivity contribution in [2.75, 3.05) is 0 Å². The highest BCUT2D eigenvalue weighted by atomic mass is 79.9. The van der Waals surface area contributed by atoms with E-state index in [-0.39, 0.29) is 10.0 Å². The molecule has 0 aliphatic heterocycles. The Morgan fingerprint density at radius 2 is 2.14 bits per heavy atom. The molecule has 0 saturated carbocycles. The molecule has 3 N–H and O–H groups in total. The lowest BCUT2D eigenvalue weighted by Crippen LogP contribution is -2.29. The summed E-state index contributed by atoms with van der Waals surface area (Å²) < 4.78 is 27.0. The van der Waals surface area contributed by atoms with Crippen LogP contribution in [0.3, 0.4) is 0 Å². The van der Waals surface area contributed by atoms with Gasteiger partial charge in [-0.2, -0.15) is 0 Å². The Balaban J connectivity index is 3.23. The minimum Gasteiger partial charge on any atom is -0.271 e. The van der Waals surface area contributed by atoms with Gasteiger partial charge in [0, 0.05) is 5.56 Å². The number of hydrogen-bond donors (Lipinski definition) is 2. The van der Waals surface area contributed by atoms with E-state index in [1.165, 1.54) is 12.1 Å². The quantitative estimate of drug-likeness (QED) is 0.501. The van der Waals surface area contributed by atoms with E-state index in [1.807, 2.05) is 0 Å². The molecule has 2 nitrogen and oxygen atoms in total. The molecule has 1 atom stereocenters. The Morgan fingerprint density at radius 1 is 1.50 bits per heavy atom. The second-order valence-electron chi connectivity index (χ2n) is 2.88. The van der Waals surface area contributed by atoms with Crippen LogP contribution in [0.5, 0.6) is 0 Å². The van der Waals surface area contributed by atoms with E-state index in [4.69, 9.17) is 5.84 Å². The van der Waals surface area contributed by atoms with Crippen molar-refractivity contribution in [2.45, 2.75) is 19.4 Å². The van der Waals surface area contributed by atoms with Crippen LogP contribution in [0.1, 0.15) is 24.9 Å². The third kappa shape index (κ3) is 2.10. The first-order valence-corrected chi connectivity index (χ1v) is 5.00. The van der Waals surface area contributed by atoms with Crippen molar-refractivity contribution >= 4 is 15.9 Å². The zero-order chi connectivity index (χ0) is 10.7. The molecule has 0 bridgehead atoms. The summed E-state index contributed by atoms with van der Waals surface area (Å²) in [6.45, 7) is 1.80. The molecule has 1 unspecified atom stereocenters. The lowest BCUT2D eigenvalue weighted by Gasteiger charge is -2.16. The van der Waals surface area contributed by atoms with Crippen LogP contribution in [0, 0.1) is 11.6 Å². The van der Waals surface area contributed by atoms with Crippen molar-refractivity contribution in [3.63, 3.8) is 0 Å². The molecule has 0 aliphatic rings. The van der Waals surface area contributed by atoms with Gasteiger partial charge in [-0.25, -0.2) is 8.78 Å². The van der Waals surface area contributed by atoms with Gasteiger partial charge in [0.2, 0.25) is 0 Å². The standard InChI is InChI=1S/C9H11BrF2N2/c1-2-7(14-13)8-6(11)4-3-5(10)9(8)12/h3-4,7,14H,2,13H2,1H3. The fourth-order valence-corrected chi connectivity index (χ4v) is 1.61. The molecule has 1 aromatic carbocycles. The molecule has 0 heterocycles. The smallest absolute Gasteiger partial charge is 0.145 e. The first-order valence-electron chi connectivity index (χ1n) is 4.21. The van der Waals surface area contributed by atoms with Gasteiger partial charge in [-0.1, -0.05) is 6.92 Å². The Morgan fingerprint density at radius 3 is 2.64 bits per heavy atom. The molecule has 1 rings (SSSR count). The average molecular weight is 265 g/mol. The van der Waals surface area contributed by atoms with E-state index in [2.05, 4.69) is 21.4 Å². The van der Waals surface area contributed by atoms with Gasteiger partial charge in [-0.05, 0) is 34.5 Å². The zero-order valence-electron chi connectivity index (χ0n) is 7.65. The molecule has 0 aliphatic carbocycles. The molecule has 1 aromatic rings. The highest BCUT2D eigenvalue weighted by Gasteiger charge is 2.19. The molecule has 0 fully saturated rings. The summed E-state index contributed by atoms with van der Waals surface area (Å²) >= 11 is 3.00. The van der Waals surface area contributed by atoms with Crippen LogP contribution in [-0.4, -0.2) is 0 Å². The molecular weight excluding hydrogens is 254 g/mol. The van der Waals surface area contributed by atoms with Crippen molar-refractivity contribution in [1.29, 1.82) is 0 Å². The van der Waals surface area contributed by atoms with Crippen LogP contribution < -0.4 is 11.3 Å². The van der Waals surface area contributed by atoms with Gasteiger partial charge < -0.3 is 0 Å². The van der Waals surface area contributed by atoms with E-state index in [9.17, 15) is 8.78 Å². The van der Waals surface area contributed by atoms with Gasteiger partial charge in [-0.3, -0.25) is 11.3 Å². The summed E-state index contributed by atoms with van der Waals surface area (Å²) in [4.78, 5) is 0. The van der Waals surface area contributed by atoms with Crippen molar-refractivity contribution < 1.29 is 8.78 Å². The Labute approximate surface area is 89.6 Å². The van der Waals surface area contributed by atoms with Gasteiger partial charge in [0.1, 0.15) is 11.6 Å². The first-order chi connectivity index (χ1) is 6.61. The summed E-state index contributed by atoms with van der Waals surface area (Å²) in [5.74, 6) is 4.01. The van der Waals surface area contributed by atoms with Crippen LogP contribution in [0.15, 0.2) is 16.6 Å². The molecule has 78 valence electrons. The molecule has 0 amide bonds. The van der Waals surface area contributed by atoms with Crippen LogP contribution in [0.4, 0.5) is 8.78 Å². The van der Waals surface area contributed by atoms with Gasteiger partial charge >= 0.3 is 0 Å². The topological polar surface area (TPSA) is 38.0 Å². The Hall–Kier alpha value is -0.520. The highest BCUT2D eigenvalue weighted by molar-refractivity contribution is 9.10. The van der Waals surface area contributed by atoms with Crippen LogP contribution in [0.25, 0.3) is 0 Å². The minimum absolute atomic E-state index is 0.0237. The molecular formula is C9H11BrF2N2. The van der Waals surface area contributed by atoms with Crippen molar-refractivity contribution in [1.82, 2.24) is 5.43 Å². The van der Waals surface area contributed by atoms with Gasteiger partial charge in [-0.15, -0.1) is 0 Å². The maximum atomic E-state index is 13.5. The van der Waals surface area contributed by atoms with Gasteiger partial charge in [0.15, 0.2) is 0 Å². The normalized spacial score (nSPS) is 12.9. The van der Waals surface area contributed by atoms with E-state index in [0.29, 0.717) is 6.42 Å². The molecule has 14 heavy (non-hydrogen) atoms. The summed E-state index contributed by atoms with van der Waals surface area (Å²) in [6, 6.07) is 2.03. The lowest BCUT2D eigenvalue weighted by atomic mass is 10.0. The molecule has 5 heteroatoms. The number of benzene rings is 1. The SMILES string of the molecule is CCC(NN)c1c(F)ccc(Br)c1F. The molecule has 0 aromatic heterocycles. The number of nitrogens with one attached hydrogen (secondary N) is 1. The maximum absolute atomic E-state index is 13.5. The number of hydrazine groups is 1. The van der Waals surface area contributed by atoms with E-state index in [1.54, 1.807) is 6.92 Å². The number of hydrogen-bond acceptors (Lipinski definition) is 2. The van der Waals surface area contributed by atoms with Gasteiger partial charge in [0.05, 0.1) is 10.5 Å². The fraction of sp³-hybridized carbons (Fsp3) is 0.333. The minimum atomic E-state index is -0.602. The number of rotatable bonds is 3. The molecule has 0 radical (unpaired) electrons. The largest absolute Gasteiger partial charge is 0.271 e. The van der Waals surface area contributed by atoms with Crippen molar-refractivity contribution in [2.24, 2.45) is 5.84 Å². The first kappa shape index (κ1) is 11.6. The number of nitrogens with two attached hydrogens (primary N) is 1. The van der Waals surface area contributed by atoms with Crippen molar-refractivity contribution in [3.05, 3.63) is 33.8 Å². The third-order valence-electron chi connectivity index (χ3n) is 2.04. The van der Waals surface area contributed by atoms with E-state index < -0.39 is 17.7 Å². The zero-order valence-corrected chi connectivity index (χ0v) is 9.24. The summed E-state index contributed by atoms with van der Waals surface area (Å²) in [6.07, 6.45) is 0.515. The monoisotopic (exact) mass is 264 g/mol. The Kier molecular flexibility index (Phi) is 3.97. The average Bonchev–Trinajstić information content (AvgIpc) is 2.19. The maximum Gasteiger partial charge on any atom is 0.145 e. The van der Waals surface area contributed by atoms with Crippen LogP contribution >= 0.6 is 15.9 Å². The Bertz CT molecular complexity index is 327. The predicted molar refractivity (Wildman–Crippen MR) is 54.4 cm³/mol. The lowest BCUT2D eigenvalue weighted by molar-refractivity contribution is 0.464. The summed E-state index contributed by atoms with van der Waals surface area (Å²) in [7, 11) is 0. The summed E-state index contributed by atoms with van der Waals surface area (Å²) in [5.41, 5.74) is 2.35. The van der Waals surface area contributed by atoms with Crippen LogP contribution in [-0.2, 0) is 0 Å². The number of halogens is 3. The second-order valence-corrected chi connectivity index (χ2v) is 3.74. The predicted octanol–water partition coefficient (Wildman–Crippen LogP) is 2.64. The summed E-state index contributed by atoms with van der Waals surface area (Å²) in [5, 5.41) is 0. The van der Waals surface area contributed by atoms with Crippen LogP contribution in [0.2, 0.25) is 0 Å². The second kappa shape index (κ2) is 4.82. The van der Waals surface area contributed by atoms with Crippen molar-refractivity contribution in [3.8, 4) is 0 Å².